The molecule has 4 nitrogen and oxygen atoms in total. The van der Waals surface area contributed by atoms with Gasteiger partial charge in [-0.15, -0.1) is 0 Å². The summed E-state index contributed by atoms with van der Waals surface area (Å²) < 4.78 is 10.4. The SMILES string of the molecule is CO[C@@H]1O[C@@H]2CNC[C@@H]2[C@H]1O. The van der Waals surface area contributed by atoms with Gasteiger partial charge >= 0.3 is 0 Å². The maximum absolute atomic E-state index is 9.57. The monoisotopic (exact) mass is 159 g/mol. The van der Waals surface area contributed by atoms with Crippen LogP contribution in [-0.2, 0) is 9.47 Å². The summed E-state index contributed by atoms with van der Waals surface area (Å²) in [5.41, 5.74) is 0. The van der Waals surface area contributed by atoms with E-state index in [0.717, 1.165) is 13.1 Å². The Hall–Kier alpha value is -0.160. The Morgan fingerprint density at radius 3 is 3.00 bits per heavy atom. The molecule has 0 aromatic heterocycles. The number of rotatable bonds is 1. The van der Waals surface area contributed by atoms with Gasteiger partial charge in [-0.25, -0.2) is 0 Å². The Labute approximate surface area is 65.5 Å². The third-order valence-corrected chi connectivity index (χ3v) is 2.46. The molecular formula is C7H13NO3. The zero-order valence-electron chi connectivity index (χ0n) is 6.49. The molecule has 0 aromatic carbocycles. The van der Waals surface area contributed by atoms with Gasteiger partial charge in [0.25, 0.3) is 0 Å². The molecule has 4 atom stereocenters. The van der Waals surface area contributed by atoms with Crippen LogP contribution in [0.2, 0.25) is 0 Å². The van der Waals surface area contributed by atoms with E-state index < -0.39 is 12.4 Å². The molecule has 2 aliphatic heterocycles. The van der Waals surface area contributed by atoms with Crippen LogP contribution in [0, 0.1) is 5.92 Å². The first-order valence-electron chi connectivity index (χ1n) is 3.90. The molecule has 4 heteroatoms. The van der Waals surface area contributed by atoms with E-state index in [1.807, 2.05) is 0 Å². The molecule has 2 N–H and O–H groups in total. The minimum absolute atomic E-state index is 0.148. The molecule has 2 fully saturated rings. The Bertz CT molecular complexity index is 153. The lowest BCUT2D eigenvalue weighted by Gasteiger charge is -2.14. The van der Waals surface area contributed by atoms with E-state index in [4.69, 9.17) is 9.47 Å². The molecule has 0 aromatic rings. The van der Waals surface area contributed by atoms with E-state index in [2.05, 4.69) is 5.32 Å². The molecule has 2 aliphatic rings. The molecule has 0 aliphatic carbocycles. The summed E-state index contributed by atoms with van der Waals surface area (Å²) in [6, 6.07) is 0. The van der Waals surface area contributed by atoms with Crippen molar-refractivity contribution in [2.75, 3.05) is 20.2 Å². The second-order valence-electron chi connectivity index (χ2n) is 3.09. The maximum Gasteiger partial charge on any atom is 0.183 e. The molecule has 0 radical (unpaired) electrons. The molecule has 0 spiro atoms. The quantitative estimate of drug-likeness (QED) is 0.512. The van der Waals surface area contributed by atoms with Crippen molar-refractivity contribution in [3.8, 4) is 0 Å². The summed E-state index contributed by atoms with van der Waals surface area (Å²) in [6.45, 7) is 1.67. The summed E-state index contributed by atoms with van der Waals surface area (Å²) in [5, 5.41) is 12.7. The number of nitrogens with one attached hydrogen (secondary N) is 1. The van der Waals surface area contributed by atoms with E-state index in [-0.39, 0.29) is 12.0 Å². The fourth-order valence-electron chi connectivity index (χ4n) is 1.81. The molecule has 0 bridgehead atoms. The van der Waals surface area contributed by atoms with Gasteiger partial charge in [-0.05, 0) is 0 Å². The van der Waals surface area contributed by atoms with Crippen molar-refractivity contribution in [3.05, 3.63) is 0 Å². The lowest BCUT2D eigenvalue weighted by atomic mass is 10.0. The van der Waals surface area contributed by atoms with Gasteiger partial charge in [0.2, 0.25) is 0 Å². The Balaban J connectivity index is 2.04. The zero-order valence-corrected chi connectivity index (χ0v) is 6.49. The average Bonchev–Trinajstić information content (AvgIpc) is 2.53. The van der Waals surface area contributed by atoms with Crippen molar-refractivity contribution in [1.29, 1.82) is 0 Å². The van der Waals surface area contributed by atoms with Gasteiger partial charge in [0.1, 0.15) is 6.10 Å². The molecule has 2 rings (SSSR count). The Morgan fingerprint density at radius 1 is 1.55 bits per heavy atom. The Morgan fingerprint density at radius 2 is 2.36 bits per heavy atom. The number of methoxy groups -OCH3 is 1. The summed E-state index contributed by atoms with van der Waals surface area (Å²) in [5.74, 6) is 0.222. The molecule has 64 valence electrons. The van der Waals surface area contributed by atoms with Crippen molar-refractivity contribution in [1.82, 2.24) is 5.32 Å². The van der Waals surface area contributed by atoms with E-state index in [9.17, 15) is 5.11 Å². The van der Waals surface area contributed by atoms with Crippen LogP contribution in [0.3, 0.4) is 0 Å². The van der Waals surface area contributed by atoms with Gasteiger partial charge in [-0.2, -0.15) is 0 Å². The highest BCUT2D eigenvalue weighted by Gasteiger charge is 2.46. The first-order chi connectivity index (χ1) is 5.33. The molecule has 2 heterocycles. The van der Waals surface area contributed by atoms with Crippen LogP contribution >= 0.6 is 0 Å². The van der Waals surface area contributed by atoms with Crippen molar-refractivity contribution in [3.63, 3.8) is 0 Å². The zero-order chi connectivity index (χ0) is 7.84. The summed E-state index contributed by atoms with van der Waals surface area (Å²) in [6.07, 6.45) is -0.720. The lowest BCUT2D eigenvalue weighted by Crippen LogP contribution is -2.30. The third kappa shape index (κ3) is 1.06. The summed E-state index contributed by atoms with van der Waals surface area (Å²) >= 11 is 0. The number of hydrogen-bond acceptors (Lipinski definition) is 4. The fraction of sp³-hybridized carbons (Fsp3) is 1.00. The van der Waals surface area contributed by atoms with Crippen LogP contribution < -0.4 is 5.32 Å². The van der Waals surface area contributed by atoms with Crippen LogP contribution in [0.25, 0.3) is 0 Å². The van der Waals surface area contributed by atoms with Gasteiger partial charge in [0.05, 0.1) is 6.10 Å². The standard InChI is InChI=1S/C7H13NO3/c1-10-7-6(9)4-2-8-3-5(4)11-7/h4-9H,2-3H2,1H3/t4-,5+,6+,7+/m0/s1. The van der Waals surface area contributed by atoms with Gasteiger partial charge in [0, 0.05) is 26.1 Å². The predicted molar refractivity (Wildman–Crippen MR) is 38.0 cm³/mol. The minimum atomic E-state index is -0.458. The van der Waals surface area contributed by atoms with Crippen LogP contribution in [0.5, 0.6) is 0 Å². The predicted octanol–water partition coefficient (Wildman–Crippen LogP) is -1.06. The van der Waals surface area contributed by atoms with Crippen molar-refractivity contribution < 1.29 is 14.6 Å². The van der Waals surface area contributed by atoms with Crippen LogP contribution in [0.4, 0.5) is 0 Å². The molecule has 0 unspecified atom stereocenters. The average molecular weight is 159 g/mol. The van der Waals surface area contributed by atoms with Gasteiger partial charge in [0.15, 0.2) is 6.29 Å². The highest BCUT2D eigenvalue weighted by atomic mass is 16.7. The van der Waals surface area contributed by atoms with Gasteiger partial charge in [-0.3, -0.25) is 0 Å². The van der Waals surface area contributed by atoms with E-state index in [1.54, 1.807) is 7.11 Å². The Kier molecular flexibility index (Phi) is 1.85. The minimum Gasteiger partial charge on any atom is -0.387 e. The fourth-order valence-corrected chi connectivity index (χ4v) is 1.81. The number of aliphatic hydroxyl groups is 1. The van der Waals surface area contributed by atoms with Crippen LogP contribution in [0.15, 0.2) is 0 Å². The number of ether oxygens (including phenoxy) is 2. The number of aliphatic hydroxyl groups excluding tert-OH is 1. The summed E-state index contributed by atoms with van der Waals surface area (Å²) in [4.78, 5) is 0. The smallest absolute Gasteiger partial charge is 0.183 e. The van der Waals surface area contributed by atoms with E-state index in [1.165, 1.54) is 0 Å². The first kappa shape index (κ1) is 7.49. The van der Waals surface area contributed by atoms with E-state index in [0.29, 0.717) is 0 Å². The molecular weight excluding hydrogens is 146 g/mol. The van der Waals surface area contributed by atoms with Gasteiger partial charge < -0.3 is 19.9 Å². The topological polar surface area (TPSA) is 50.7 Å². The van der Waals surface area contributed by atoms with Gasteiger partial charge in [-0.1, -0.05) is 0 Å². The molecule has 0 saturated carbocycles. The molecule has 2 saturated heterocycles. The molecule has 11 heavy (non-hydrogen) atoms. The normalized spacial score (nSPS) is 49.6. The lowest BCUT2D eigenvalue weighted by molar-refractivity contribution is -0.148. The highest BCUT2D eigenvalue weighted by Crippen LogP contribution is 2.29. The second kappa shape index (κ2) is 2.71. The summed E-state index contributed by atoms with van der Waals surface area (Å²) in [7, 11) is 1.56. The van der Waals surface area contributed by atoms with Crippen molar-refractivity contribution in [2.24, 2.45) is 5.92 Å². The first-order valence-corrected chi connectivity index (χ1v) is 3.90. The van der Waals surface area contributed by atoms with Crippen molar-refractivity contribution in [2.45, 2.75) is 18.5 Å². The molecule has 0 amide bonds. The highest BCUT2D eigenvalue weighted by molar-refractivity contribution is 4.93. The third-order valence-electron chi connectivity index (χ3n) is 2.46. The largest absolute Gasteiger partial charge is 0.387 e. The number of hydrogen-bond donors (Lipinski definition) is 2. The van der Waals surface area contributed by atoms with Crippen LogP contribution in [-0.4, -0.2) is 43.8 Å². The number of fused-ring (bicyclic) bond motifs is 1. The van der Waals surface area contributed by atoms with E-state index >= 15 is 0 Å². The van der Waals surface area contributed by atoms with Crippen LogP contribution in [0.1, 0.15) is 0 Å². The van der Waals surface area contributed by atoms with Crippen molar-refractivity contribution >= 4 is 0 Å². The second-order valence-corrected chi connectivity index (χ2v) is 3.09. The maximum atomic E-state index is 9.57.